The molecule has 0 saturated carbocycles. The van der Waals surface area contributed by atoms with Crippen molar-refractivity contribution < 1.29 is 14.7 Å². The first-order valence-electron chi connectivity index (χ1n) is 5.44. The van der Waals surface area contributed by atoms with Crippen LogP contribution < -0.4 is 5.73 Å². The lowest BCUT2D eigenvalue weighted by Crippen LogP contribution is -2.46. The number of esters is 1. The number of oxime groups is 1. The van der Waals surface area contributed by atoms with Crippen molar-refractivity contribution in [3.05, 3.63) is 0 Å². The number of ether oxygens (including phenoxy) is 1. The lowest BCUT2D eigenvalue weighted by atomic mass is 9.93. The molecule has 1 aliphatic heterocycles. The topological polar surface area (TPSA) is 88.2 Å². The van der Waals surface area contributed by atoms with Crippen molar-refractivity contribution in [1.82, 2.24) is 4.90 Å². The molecule has 0 radical (unpaired) electrons. The van der Waals surface area contributed by atoms with E-state index in [0.29, 0.717) is 6.54 Å². The van der Waals surface area contributed by atoms with E-state index in [0.717, 1.165) is 19.4 Å². The predicted molar refractivity (Wildman–Crippen MR) is 58.9 cm³/mol. The van der Waals surface area contributed by atoms with E-state index in [9.17, 15) is 4.79 Å². The van der Waals surface area contributed by atoms with Gasteiger partial charge in [-0.15, -0.1) is 0 Å². The normalized spacial score (nSPS) is 24.0. The van der Waals surface area contributed by atoms with Gasteiger partial charge in [-0.05, 0) is 19.8 Å². The van der Waals surface area contributed by atoms with Gasteiger partial charge in [-0.2, -0.15) is 0 Å². The van der Waals surface area contributed by atoms with Gasteiger partial charge in [0.15, 0.2) is 0 Å². The van der Waals surface area contributed by atoms with Gasteiger partial charge in [-0.25, -0.2) is 0 Å². The van der Waals surface area contributed by atoms with Crippen LogP contribution in [0.2, 0.25) is 0 Å². The zero-order chi connectivity index (χ0) is 12.1. The molecule has 0 aromatic heterocycles. The second kappa shape index (κ2) is 5.58. The molecule has 1 rings (SSSR count). The van der Waals surface area contributed by atoms with Gasteiger partial charge in [0.25, 0.3) is 0 Å². The van der Waals surface area contributed by atoms with E-state index in [1.807, 2.05) is 6.92 Å². The molecule has 1 saturated heterocycles. The summed E-state index contributed by atoms with van der Waals surface area (Å²) in [5.74, 6) is 0.0890. The Bertz CT molecular complexity index is 280. The zero-order valence-electron chi connectivity index (χ0n) is 9.72. The average molecular weight is 229 g/mol. The van der Waals surface area contributed by atoms with Gasteiger partial charge in [-0.3, -0.25) is 4.79 Å². The minimum Gasteiger partial charge on any atom is -0.462 e. The van der Waals surface area contributed by atoms with Gasteiger partial charge < -0.3 is 20.6 Å². The second-order valence-electron chi connectivity index (χ2n) is 4.12. The maximum absolute atomic E-state index is 10.8. The summed E-state index contributed by atoms with van der Waals surface area (Å²) in [7, 11) is 0. The number of hydrogen-bond acceptors (Lipinski definition) is 4. The van der Waals surface area contributed by atoms with E-state index in [2.05, 4.69) is 5.16 Å². The highest BCUT2D eigenvalue weighted by atomic mass is 16.5. The summed E-state index contributed by atoms with van der Waals surface area (Å²) < 4.78 is 5.14. The first kappa shape index (κ1) is 12.6. The highest BCUT2D eigenvalue weighted by Crippen LogP contribution is 2.21. The van der Waals surface area contributed by atoms with Gasteiger partial charge >= 0.3 is 5.97 Å². The number of guanidine groups is 1. The Balaban J connectivity index is 2.53. The molecule has 3 N–H and O–H groups in total. The number of nitrogens with zero attached hydrogens (tertiary/aromatic N) is 2. The molecular formula is C10H19N3O3. The molecule has 92 valence electrons. The predicted octanol–water partition coefficient (Wildman–Crippen LogP) is 0.354. The third kappa shape index (κ3) is 3.29. The van der Waals surface area contributed by atoms with E-state index in [1.54, 1.807) is 4.90 Å². The summed E-state index contributed by atoms with van der Waals surface area (Å²) in [5.41, 5.74) is 5.53. The van der Waals surface area contributed by atoms with E-state index in [1.165, 1.54) is 6.92 Å². The summed E-state index contributed by atoms with van der Waals surface area (Å²) in [5, 5.41) is 11.6. The molecule has 1 aliphatic rings. The maximum atomic E-state index is 10.8. The van der Waals surface area contributed by atoms with Crippen LogP contribution in [0.1, 0.15) is 26.7 Å². The Morgan fingerprint density at radius 2 is 2.38 bits per heavy atom. The SMILES string of the molecule is CC(=O)OC(C)C1CCCN(C(N)=NO)C1. The molecule has 2 atom stereocenters. The first-order chi connectivity index (χ1) is 7.54. The Hall–Kier alpha value is -1.46. The molecule has 0 bridgehead atoms. The number of likely N-dealkylation sites (tertiary alicyclic amines) is 1. The van der Waals surface area contributed by atoms with Crippen LogP contribution in [-0.4, -0.2) is 41.2 Å². The quantitative estimate of drug-likeness (QED) is 0.234. The lowest BCUT2D eigenvalue weighted by molar-refractivity contribution is -0.148. The van der Waals surface area contributed by atoms with Crippen LogP contribution in [-0.2, 0) is 9.53 Å². The fraction of sp³-hybridized carbons (Fsp3) is 0.800. The Morgan fingerprint density at radius 3 is 2.94 bits per heavy atom. The molecule has 1 heterocycles. The van der Waals surface area contributed by atoms with Gasteiger partial charge in [-0.1, -0.05) is 5.16 Å². The van der Waals surface area contributed by atoms with Crippen molar-refractivity contribution in [2.45, 2.75) is 32.8 Å². The largest absolute Gasteiger partial charge is 0.462 e. The number of rotatable bonds is 2. The van der Waals surface area contributed by atoms with E-state index < -0.39 is 0 Å². The van der Waals surface area contributed by atoms with Crippen LogP contribution >= 0.6 is 0 Å². The van der Waals surface area contributed by atoms with Crippen molar-refractivity contribution in [2.75, 3.05) is 13.1 Å². The standard InChI is InChI=1S/C10H19N3O3/c1-7(16-8(2)14)9-4-3-5-13(6-9)10(11)12-15/h7,9,15H,3-6H2,1-2H3,(H2,11,12). The minimum absolute atomic E-state index is 0.125. The third-order valence-corrected chi connectivity index (χ3v) is 2.90. The number of piperidine rings is 1. The van der Waals surface area contributed by atoms with E-state index in [4.69, 9.17) is 15.7 Å². The Kier molecular flexibility index (Phi) is 4.39. The minimum atomic E-state index is -0.270. The summed E-state index contributed by atoms with van der Waals surface area (Å²) in [6.07, 6.45) is 1.81. The number of hydrogen-bond donors (Lipinski definition) is 2. The van der Waals surface area contributed by atoms with Crippen molar-refractivity contribution in [2.24, 2.45) is 16.8 Å². The summed E-state index contributed by atoms with van der Waals surface area (Å²) >= 11 is 0. The van der Waals surface area contributed by atoms with Crippen LogP contribution in [0.3, 0.4) is 0 Å². The number of carbonyl (C=O) groups excluding carboxylic acids is 1. The summed E-state index contributed by atoms with van der Waals surface area (Å²) in [4.78, 5) is 12.6. The van der Waals surface area contributed by atoms with E-state index >= 15 is 0 Å². The van der Waals surface area contributed by atoms with Crippen molar-refractivity contribution in [1.29, 1.82) is 0 Å². The lowest BCUT2D eigenvalue weighted by Gasteiger charge is -2.35. The molecule has 16 heavy (non-hydrogen) atoms. The molecule has 0 aromatic rings. The van der Waals surface area contributed by atoms with Gasteiger partial charge in [0.1, 0.15) is 6.10 Å². The average Bonchev–Trinajstić information content (AvgIpc) is 2.27. The van der Waals surface area contributed by atoms with Crippen molar-refractivity contribution >= 4 is 11.9 Å². The molecule has 0 amide bonds. The molecule has 6 nitrogen and oxygen atoms in total. The van der Waals surface area contributed by atoms with Crippen molar-refractivity contribution in [3.8, 4) is 0 Å². The third-order valence-electron chi connectivity index (χ3n) is 2.90. The van der Waals surface area contributed by atoms with Gasteiger partial charge in [0, 0.05) is 25.9 Å². The maximum Gasteiger partial charge on any atom is 0.302 e. The van der Waals surface area contributed by atoms with Crippen LogP contribution in [0.25, 0.3) is 0 Å². The van der Waals surface area contributed by atoms with E-state index in [-0.39, 0.29) is 24.0 Å². The molecule has 0 aliphatic carbocycles. The molecule has 2 unspecified atom stereocenters. The molecule has 6 heteroatoms. The Morgan fingerprint density at radius 1 is 1.69 bits per heavy atom. The highest BCUT2D eigenvalue weighted by Gasteiger charge is 2.27. The monoisotopic (exact) mass is 229 g/mol. The van der Waals surface area contributed by atoms with Crippen LogP contribution in [0.5, 0.6) is 0 Å². The highest BCUT2D eigenvalue weighted by molar-refractivity contribution is 5.77. The van der Waals surface area contributed by atoms with Crippen LogP contribution in [0.4, 0.5) is 0 Å². The first-order valence-corrected chi connectivity index (χ1v) is 5.44. The second-order valence-corrected chi connectivity index (χ2v) is 4.12. The molecule has 1 fully saturated rings. The fourth-order valence-corrected chi connectivity index (χ4v) is 2.02. The van der Waals surface area contributed by atoms with Gasteiger partial charge in [0.05, 0.1) is 0 Å². The molecular weight excluding hydrogens is 210 g/mol. The van der Waals surface area contributed by atoms with Crippen molar-refractivity contribution in [3.63, 3.8) is 0 Å². The zero-order valence-corrected chi connectivity index (χ0v) is 9.72. The van der Waals surface area contributed by atoms with Crippen LogP contribution in [0, 0.1) is 5.92 Å². The van der Waals surface area contributed by atoms with Gasteiger partial charge in [0.2, 0.25) is 5.96 Å². The fourth-order valence-electron chi connectivity index (χ4n) is 2.02. The number of nitrogens with two attached hydrogens (primary N) is 1. The molecule has 0 spiro atoms. The summed E-state index contributed by atoms with van der Waals surface area (Å²) in [6.45, 7) is 4.71. The summed E-state index contributed by atoms with van der Waals surface area (Å²) in [6, 6.07) is 0. The smallest absolute Gasteiger partial charge is 0.302 e. The van der Waals surface area contributed by atoms with Crippen LogP contribution in [0.15, 0.2) is 5.16 Å². The number of carbonyl (C=O) groups is 1. The molecule has 0 aromatic carbocycles. The Labute approximate surface area is 95.0 Å².